The average molecular weight is 513 g/mol. The first kappa shape index (κ1) is 23.2. The molecule has 3 aromatic carbocycles. The van der Waals surface area contributed by atoms with Crippen molar-refractivity contribution < 1.29 is 14.4 Å². The van der Waals surface area contributed by atoms with Gasteiger partial charge in [-0.1, -0.05) is 78.9 Å². The summed E-state index contributed by atoms with van der Waals surface area (Å²) in [6, 6.07) is 28.8. The molecule has 190 valence electrons. The predicted molar refractivity (Wildman–Crippen MR) is 145 cm³/mol. The molecule has 7 heteroatoms. The Balaban J connectivity index is 1.38. The van der Waals surface area contributed by atoms with E-state index in [1.807, 2.05) is 78.9 Å². The van der Waals surface area contributed by atoms with E-state index in [1.165, 1.54) is 11.1 Å². The molecule has 1 aliphatic heterocycles. The Labute approximate surface area is 225 Å². The number of amides is 3. The highest BCUT2D eigenvalue weighted by Gasteiger charge is 2.67. The molecule has 3 aliphatic carbocycles. The van der Waals surface area contributed by atoms with Gasteiger partial charge in [0.25, 0.3) is 5.91 Å². The Kier molecular flexibility index (Phi) is 5.26. The zero-order chi connectivity index (χ0) is 26.6. The molecule has 2 bridgehead atoms. The fourth-order valence-electron chi connectivity index (χ4n) is 6.79. The number of hydrogen-bond acceptors (Lipinski definition) is 5. The van der Waals surface area contributed by atoms with Gasteiger partial charge < -0.3 is 0 Å². The van der Waals surface area contributed by atoms with E-state index in [9.17, 15) is 14.4 Å². The summed E-state index contributed by atoms with van der Waals surface area (Å²) in [6.07, 6.45) is 4.73. The number of hydrogen-bond donors (Lipinski definition) is 1. The number of nitrogens with one attached hydrogen (secondary N) is 1. The molecule has 1 aromatic heterocycles. The Bertz CT molecular complexity index is 1600. The van der Waals surface area contributed by atoms with Crippen LogP contribution in [0.1, 0.15) is 44.1 Å². The predicted octanol–water partition coefficient (Wildman–Crippen LogP) is 4.04. The van der Waals surface area contributed by atoms with Crippen LogP contribution in [0.4, 0.5) is 0 Å². The number of imide groups is 1. The van der Waals surface area contributed by atoms with Gasteiger partial charge in [0.05, 0.1) is 29.4 Å². The first-order valence-corrected chi connectivity index (χ1v) is 12.9. The van der Waals surface area contributed by atoms with Gasteiger partial charge in [0.2, 0.25) is 11.8 Å². The third-order valence-corrected chi connectivity index (χ3v) is 8.32. The van der Waals surface area contributed by atoms with Gasteiger partial charge in [-0.25, -0.2) is 5.43 Å². The highest BCUT2D eigenvalue weighted by molar-refractivity contribution is 6.11. The molecule has 2 heterocycles. The number of pyridine rings is 1. The van der Waals surface area contributed by atoms with Crippen LogP contribution in [0.5, 0.6) is 0 Å². The standard InChI is InChI=1S/C32H24N4O3/c37-29(21-11-8-16-33-17-21)35-34-19-32-24-14-6-4-12-22(24)26(23-13-5-7-15-25(23)32)27-28(32)31(39)36(30(27)38)18-20-9-2-1-3-10-20/h1-17,19,26-28H,18H2,(H,35,37)/b34-19-/t26?,27-,28+,32?/m0/s1. The Hall–Kier alpha value is -4.91. The molecule has 1 saturated heterocycles. The van der Waals surface area contributed by atoms with Crippen molar-refractivity contribution in [2.45, 2.75) is 17.9 Å². The summed E-state index contributed by atoms with van der Waals surface area (Å²) >= 11 is 0. The molecule has 8 rings (SSSR count). The van der Waals surface area contributed by atoms with Gasteiger partial charge in [-0.3, -0.25) is 24.3 Å². The molecular weight excluding hydrogens is 488 g/mol. The lowest BCUT2D eigenvalue weighted by Crippen LogP contribution is -2.54. The number of nitrogens with zero attached hydrogens (tertiary/aromatic N) is 3. The third-order valence-electron chi connectivity index (χ3n) is 8.32. The van der Waals surface area contributed by atoms with Crippen LogP contribution in [-0.2, 0) is 21.5 Å². The van der Waals surface area contributed by atoms with Crippen molar-refractivity contribution in [2.24, 2.45) is 16.9 Å². The fraction of sp³-hybridized carbons (Fsp3) is 0.156. The molecule has 7 nitrogen and oxygen atoms in total. The lowest BCUT2D eigenvalue weighted by atomic mass is 9.47. The van der Waals surface area contributed by atoms with Gasteiger partial charge in [-0.05, 0) is 39.9 Å². The number of hydrazone groups is 1. The van der Waals surface area contributed by atoms with E-state index in [-0.39, 0.29) is 24.3 Å². The van der Waals surface area contributed by atoms with E-state index >= 15 is 0 Å². The molecule has 1 fully saturated rings. The van der Waals surface area contributed by atoms with E-state index in [0.717, 1.165) is 27.8 Å². The van der Waals surface area contributed by atoms with Gasteiger partial charge >= 0.3 is 0 Å². The highest BCUT2D eigenvalue weighted by atomic mass is 16.2. The van der Waals surface area contributed by atoms with Gasteiger partial charge in [0.15, 0.2) is 0 Å². The van der Waals surface area contributed by atoms with E-state index < -0.39 is 23.2 Å². The van der Waals surface area contributed by atoms with Crippen LogP contribution in [0.25, 0.3) is 0 Å². The number of likely N-dealkylation sites (tertiary alicyclic amines) is 1. The summed E-state index contributed by atoms with van der Waals surface area (Å²) in [7, 11) is 0. The van der Waals surface area contributed by atoms with E-state index in [2.05, 4.69) is 15.5 Å². The second-order valence-electron chi connectivity index (χ2n) is 10.2. The summed E-state index contributed by atoms with van der Waals surface area (Å²) in [6.45, 7) is 0.218. The third kappa shape index (κ3) is 3.32. The van der Waals surface area contributed by atoms with Crippen molar-refractivity contribution in [3.63, 3.8) is 0 Å². The summed E-state index contributed by atoms with van der Waals surface area (Å²) in [5.41, 5.74) is 6.79. The van der Waals surface area contributed by atoms with Crippen LogP contribution in [-0.4, -0.2) is 33.8 Å². The van der Waals surface area contributed by atoms with Crippen molar-refractivity contribution >= 4 is 23.9 Å². The minimum absolute atomic E-state index is 0.167. The van der Waals surface area contributed by atoms with Crippen LogP contribution < -0.4 is 5.43 Å². The molecule has 0 unspecified atom stereocenters. The van der Waals surface area contributed by atoms with Crippen molar-refractivity contribution in [3.05, 3.63) is 137 Å². The SMILES string of the molecule is O=C(N/N=C\C12c3ccccc3C(c3ccccc31)[C@@H]1C(=O)N(Cc3ccccc3)C(=O)[C@@H]12)c1cccnc1. The molecule has 0 radical (unpaired) electrons. The van der Waals surface area contributed by atoms with E-state index in [1.54, 1.807) is 24.5 Å². The molecular formula is C32H24N4O3. The van der Waals surface area contributed by atoms with Crippen molar-refractivity contribution in [2.75, 3.05) is 0 Å². The smallest absolute Gasteiger partial charge is 0.272 e. The van der Waals surface area contributed by atoms with E-state index in [4.69, 9.17) is 0 Å². The molecule has 39 heavy (non-hydrogen) atoms. The molecule has 2 atom stereocenters. The molecule has 1 N–H and O–H groups in total. The molecule has 0 spiro atoms. The normalized spacial score (nSPS) is 24.4. The van der Waals surface area contributed by atoms with Gasteiger partial charge in [-0.15, -0.1) is 0 Å². The van der Waals surface area contributed by atoms with Crippen LogP contribution in [0, 0.1) is 11.8 Å². The minimum atomic E-state index is -1.02. The first-order chi connectivity index (χ1) is 19.1. The maximum absolute atomic E-state index is 14.2. The maximum Gasteiger partial charge on any atom is 0.272 e. The molecule has 4 aromatic rings. The average Bonchev–Trinajstić information content (AvgIpc) is 3.24. The highest BCUT2D eigenvalue weighted by Crippen LogP contribution is 2.63. The van der Waals surface area contributed by atoms with Gasteiger partial charge in [0, 0.05) is 24.5 Å². The quantitative estimate of drug-likeness (QED) is 0.248. The lowest BCUT2D eigenvalue weighted by molar-refractivity contribution is -0.140. The van der Waals surface area contributed by atoms with Crippen molar-refractivity contribution in [1.29, 1.82) is 0 Å². The summed E-state index contributed by atoms with van der Waals surface area (Å²) < 4.78 is 0. The summed E-state index contributed by atoms with van der Waals surface area (Å²) in [4.78, 5) is 46.5. The first-order valence-electron chi connectivity index (χ1n) is 12.9. The van der Waals surface area contributed by atoms with E-state index in [0.29, 0.717) is 5.56 Å². The molecule has 0 saturated carbocycles. The number of aromatic nitrogens is 1. The Morgan fingerprint density at radius 2 is 1.54 bits per heavy atom. The fourth-order valence-corrected chi connectivity index (χ4v) is 6.79. The van der Waals surface area contributed by atoms with Crippen LogP contribution in [0.3, 0.4) is 0 Å². The summed E-state index contributed by atoms with van der Waals surface area (Å²) in [5.74, 6) is -2.26. The molecule has 4 aliphatic rings. The molecule has 3 amide bonds. The maximum atomic E-state index is 14.2. The minimum Gasteiger partial charge on any atom is -0.278 e. The Morgan fingerprint density at radius 1 is 0.872 bits per heavy atom. The van der Waals surface area contributed by atoms with Crippen LogP contribution in [0.15, 0.2) is 108 Å². The van der Waals surface area contributed by atoms with Gasteiger partial charge in [-0.2, -0.15) is 5.10 Å². The monoisotopic (exact) mass is 512 g/mol. The summed E-state index contributed by atoms with van der Waals surface area (Å²) in [5, 5.41) is 4.43. The van der Waals surface area contributed by atoms with Crippen molar-refractivity contribution in [3.8, 4) is 0 Å². The zero-order valence-electron chi connectivity index (χ0n) is 20.9. The van der Waals surface area contributed by atoms with Crippen LogP contribution >= 0.6 is 0 Å². The topological polar surface area (TPSA) is 91.7 Å². The zero-order valence-corrected chi connectivity index (χ0v) is 20.9. The second-order valence-corrected chi connectivity index (χ2v) is 10.2. The number of rotatable bonds is 5. The Morgan fingerprint density at radius 3 is 2.21 bits per heavy atom. The largest absolute Gasteiger partial charge is 0.278 e. The van der Waals surface area contributed by atoms with Gasteiger partial charge in [0.1, 0.15) is 0 Å². The van der Waals surface area contributed by atoms with Crippen molar-refractivity contribution in [1.82, 2.24) is 15.3 Å². The number of carbonyl (C=O) groups is 3. The van der Waals surface area contributed by atoms with Crippen LogP contribution in [0.2, 0.25) is 0 Å². The lowest BCUT2D eigenvalue weighted by Gasteiger charge is -2.52. The number of carbonyl (C=O) groups excluding carboxylic acids is 3. The number of benzene rings is 3. The second kappa shape index (κ2) is 8.84.